The van der Waals surface area contributed by atoms with Crippen LogP contribution in [-0.2, 0) is 20.9 Å². The van der Waals surface area contributed by atoms with Crippen LogP contribution in [0.15, 0.2) is 23.2 Å². The molecule has 1 aromatic heterocycles. The summed E-state index contributed by atoms with van der Waals surface area (Å²) < 4.78 is 12.9. The van der Waals surface area contributed by atoms with Gasteiger partial charge in [-0.3, -0.25) is 9.59 Å². The molecule has 0 fully saturated rings. The van der Waals surface area contributed by atoms with E-state index < -0.39 is 0 Å². The van der Waals surface area contributed by atoms with Crippen molar-refractivity contribution >= 4 is 33.4 Å². The Kier molecular flexibility index (Phi) is 5.32. The van der Waals surface area contributed by atoms with Gasteiger partial charge in [-0.1, -0.05) is 24.3 Å². The van der Waals surface area contributed by atoms with E-state index in [-0.39, 0.29) is 18.4 Å². The third kappa shape index (κ3) is 3.36. The van der Waals surface area contributed by atoms with Crippen molar-refractivity contribution < 1.29 is 19.1 Å². The summed E-state index contributed by atoms with van der Waals surface area (Å²) in [6, 6.07) is 5.57. The summed E-state index contributed by atoms with van der Waals surface area (Å²) >= 11 is 1.34. The fraction of sp³-hybridized carbons (Fsp3) is 0.400. The van der Waals surface area contributed by atoms with Crippen LogP contribution in [0.5, 0.6) is 5.75 Å². The number of hydrogen-bond donors (Lipinski definition) is 0. The third-order valence-electron chi connectivity index (χ3n) is 3.00. The first-order chi connectivity index (χ1) is 10.6. The first-order valence-corrected chi connectivity index (χ1v) is 7.81. The van der Waals surface area contributed by atoms with Crippen LogP contribution < -0.4 is 9.54 Å². The largest absolute Gasteiger partial charge is 0.495 e. The molecule has 7 heteroatoms. The second-order valence-electron chi connectivity index (χ2n) is 4.44. The third-order valence-corrected chi connectivity index (χ3v) is 4.04. The Morgan fingerprint density at radius 2 is 2.09 bits per heavy atom. The maximum atomic E-state index is 11.9. The monoisotopic (exact) mass is 322 g/mol. The van der Waals surface area contributed by atoms with Crippen LogP contribution in [0, 0.1) is 0 Å². The number of thiazole rings is 1. The lowest BCUT2D eigenvalue weighted by atomic mass is 10.3. The SMILES string of the molecule is CCOC(=O)Cn1c(=NC(=O)CC)sc2cccc(OC)c21. The molecule has 0 aliphatic heterocycles. The number of aromatic nitrogens is 1. The van der Waals surface area contributed by atoms with Crippen molar-refractivity contribution in [2.24, 2.45) is 4.99 Å². The van der Waals surface area contributed by atoms with Gasteiger partial charge in [0.05, 0.1) is 18.4 Å². The minimum atomic E-state index is -0.376. The summed E-state index contributed by atoms with van der Waals surface area (Å²) in [5.41, 5.74) is 0.741. The van der Waals surface area contributed by atoms with Gasteiger partial charge in [-0.05, 0) is 19.1 Å². The van der Waals surface area contributed by atoms with E-state index >= 15 is 0 Å². The minimum absolute atomic E-state index is 0.00988. The van der Waals surface area contributed by atoms with Gasteiger partial charge in [0.15, 0.2) is 4.80 Å². The fourth-order valence-electron chi connectivity index (χ4n) is 2.02. The number of ether oxygens (including phenoxy) is 2. The van der Waals surface area contributed by atoms with Crippen molar-refractivity contribution in [3.05, 3.63) is 23.0 Å². The number of fused-ring (bicyclic) bond motifs is 1. The van der Waals surface area contributed by atoms with Crippen molar-refractivity contribution in [3.63, 3.8) is 0 Å². The van der Waals surface area contributed by atoms with Crippen LogP contribution in [0.25, 0.3) is 10.2 Å². The van der Waals surface area contributed by atoms with E-state index in [9.17, 15) is 9.59 Å². The molecule has 0 saturated heterocycles. The quantitative estimate of drug-likeness (QED) is 0.791. The Morgan fingerprint density at radius 1 is 1.32 bits per heavy atom. The summed E-state index contributed by atoms with van der Waals surface area (Å²) in [6.07, 6.45) is 0.310. The van der Waals surface area contributed by atoms with Crippen LogP contribution in [0.1, 0.15) is 20.3 Å². The number of esters is 1. The molecule has 22 heavy (non-hydrogen) atoms. The topological polar surface area (TPSA) is 69.9 Å². The molecule has 0 unspecified atom stereocenters. The molecule has 118 valence electrons. The summed E-state index contributed by atoms with van der Waals surface area (Å²) in [6.45, 7) is 3.79. The van der Waals surface area contributed by atoms with Gasteiger partial charge in [0.2, 0.25) is 5.91 Å². The molecular weight excluding hydrogens is 304 g/mol. The van der Waals surface area contributed by atoms with Gasteiger partial charge in [-0.2, -0.15) is 4.99 Å². The Bertz CT molecular complexity index is 760. The van der Waals surface area contributed by atoms with Gasteiger partial charge in [-0.15, -0.1) is 0 Å². The first-order valence-electron chi connectivity index (χ1n) is 7.00. The second-order valence-corrected chi connectivity index (χ2v) is 5.45. The average molecular weight is 322 g/mol. The van der Waals surface area contributed by atoms with Gasteiger partial charge in [0, 0.05) is 6.42 Å². The zero-order valence-corrected chi connectivity index (χ0v) is 13.6. The zero-order chi connectivity index (χ0) is 16.1. The lowest BCUT2D eigenvalue weighted by molar-refractivity contribution is -0.143. The number of rotatable bonds is 5. The number of carbonyl (C=O) groups is 2. The summed E-state index contributed by atoms with van der Waals surface area (Å²) in [5.74, 6) is 0.0186. The molecule has 1 aromatic carbocycles. The molecular formula is C15H18N2O4S. The van der Waals surface area contributed by atoms with Crippen molar-refractivity contribution in [2.75, 3.05) is 13.7 Å². The van der Waals surface area contributed by atoms with Crippen LogP contribution in [0.4, 0.5) is 0 Å². The smallest absolute Gasteiger partial charge is 0.326 e. The maximum Gasteiger partial charge on any atom is 0.326 e. The highest BCUT2D eigenvalue weighted by Crippen LogP contribution is 2.27. The van der Waals surface area contributed by atoms with E-state index in [1.54, 1.807) is 25.5 Å². The van der Waals surface area contributed by atoms with Crippen LogP contribution in [-0.4, -0.2) is 30.2 Å². The molecule has 0 saturated carbocycles. The van der Waals surface area contributed by atoms with E-state index in [2.05, 4.69) is 4.99 Å². The van der Waals surface area contributed by atoms with Gasteiger partial charge in [0.25, 0.3) is 0 Å². The molecule has 0 spiro atoms. The predicted octanol–water partition coefficient (Wildman–Crippen LogP) is 2.11. The Morgan fingerprint density at radius 3 is 2.73 bits per heavy atom. The highest BCUT2D eigenvalue weighted by Gasteiger charge is 2.15. The molecule has 6 nitrogen and oxygen atoms in total. The first kappa shape index (κ1) is 16.2. The molecule has 2 rings (SSSR count). The van der Waals surface area contributed by atoms with Crippen molar-refractivity contribution in [3.8, 4) is 5.75 Å². The number of amides is 1. The fourth-order valence-corrected chi connectivity index (χ4v) is 3.08. The maximum absolute atomic E-state index is 11.9. The normalized spacial score (nSPS) is 11.7. The molecule has 0 atom stereocenters. The number of benzene rings is 1. The molecule has 1 heterocycles. The highest BCUT2D eigenvalue weighted by atomic mass is 32.1. The van der Waals surface area contributed by atoms with Crippen LogP contribution in [0.3, 0.4) is 0 Å². The van der Waals surface area contributed by atoms with Gasteiger partial charge in [0.1, 0.15) is 17.8 Å². The van der Waals surface area contributed by atoms with Gasteiger partial charge < -0.3 is 14.0 Å². The van der Waals surface area contributed by atoms with Crippen LogP contribution >= 0.6 is 11.3 Å². The van der Waals surface area contributed by atoms with E-state index in [4.69, 9.17) is 9.47 Å². The van der Waals surface area contributed by atoms with Crippen molar-refractivity contribution in [1.29, 1.82) is 0 Å². The number of methoxy groups -OCH3 is 1. The Hall–Kier alpha value is -2.15. The zero-order valence-electron chi connectivity index (χ0n) is 12.8. The molecule has 1 amide bonds. The van der Waals surface area contributed by atoms with Gasteiger partial charge in [-0.25, -0.2) is 0 Å². The Balaban J connectivity index is 2.65. The number of nitrogens with zero attached hydrogens (tertiary/aromatic N) is 2. The Labute approximate surface area is 132 Å². The second kappa shape index (κ2) is 7.22. The van der Waals surface area contributed by atoms with E-state index in [0.29, 0.717) is 23.6 Å². The molecule has 0 radical (unpaired) electrons. The lowest BCUT2D eigenvalue weighted by Crippen LogP contribution is -2.23. The minimum Gasteiger partial charge on any atom is -0.495 e. The van der Waals surface area contributed by atoms with Gasteiger partial charge >= 0.3 is 5.97 Å². The molecule has 2 aromatic rings. The standard InChI is InChI=1S/C15H18N2O4S/c1-4-12(18)16-15-17(9-13(19)21-5-2)14-10(20-3)7-6-8-11(14)22-15/h6-8H,4-5,9H2,1-3H3. The number of para-hydroxylation sites is 1. The average Bonchev–Trinajstić information content (AvgIpc) is 2.84. The summed E-state index contributed by atoms with van der Waals surface area (Å²) in [4.78, 5) is 28.1. The van der Waals surface area contributed by atoms with E-state index in [1.807, 2.05) is 18.2 Å². The highest BCUT2D eigenvalue weighted by molar-refractivity contribution is 7.16. The van der Waals surface area contributed by atoms with E-state index in [1.165, 1.54) is 11.3 Å². The lowest BCUT2D eigenvalue weighted by Gasteiger charge is -2.08. The summed E-state index contributed by atoms with van der Waals surface area (Å²) in [5, 5.41) is 0. The number of carbonyl (C=O) groups excluding carboxylic acids is 2. The van der Waals surface area contributed by atoms with Crippen LogP contribution in [0.2, 0.25) is 0 Å². The molecule has 0 aliphatic carbocycles. The molecule has 0 aliphatic rings. The molecule has 0 bridgehead atoms. The van der Waals surface area contributed by atoms with Crippen molar-refractivity contribution in [1.82, 2.24) is 4.57 Å². The number of hydrogen-bond acceptors (Lipinski definition) is 5. The van der Waals surface area contributed by atoms with Crippen molar-refractivity contribution in [2.45, 2.75) is 26.8 Å². The predicted molar refractivity (Wildman–Crippen MR) is 83.9 cm³/mol. The summed E-state index contributed by atoms with van der Waals surface area (Å²) in [7, 11) is 1.56. The molecule has 0 N–H and O–H groups in total. The van der Waals surface area contributed by atoms with E-state index in [0.717, 1.165) is 10.2 Å².